The lowest BCUT2D eigenvalue weighted by Gasteiger charge is -2.15. The molecule has 1 atom stereocenters. The van der Waals surface area contributed by atoms with Crippen LogP contribution in [0.5, 0.6) is 0 Å². The van der Waals surface area contributed by atoms with E-state index in [-0.39, 0.29) is 6.04 Å². The van der Waals surface area contributed by atoms with Crippen LogP contribution in [0.4, 0.5) is 0 Å². The van der Waals surface area contributed by atoms with Crippen LogP contribution in [0, 0.1) is 0 Å². The lowest BCUT2D eigenvalue weighted by Crippen LogP contribution is -2.10. The molecule has 0 radical (unpaired) electrons. The second kappa shape index (κ2) is 10.6. The van der Waals surface area contributed by atoms with Crippen LogP contribution in [0.1, 0.15) is 18.0 Å². The van der Waals surface area contributed by atoms with E-state index in [2.05, 4.69) is 67.2 Å². The molecule has 3 rings (SSSR count). The quantitative estimate of drug-likeness (QED) is 0.415. The fourth-order valence-corrected chi connectivity index (χ4v) is 2.89. The Morgan fingerprint density at radius 2 is 1.48 bits per heavy atom. The van der Waals surface area contributed by atoms with E-state index in [1.807, 2.05) is 12.1 Å². The van der Waals surface area contributed by atoms with E-state index in [4.69, 9.17) is 15.9 Å². The highest BCUT2D eigenvalue weighted by molar-refractivity contribution is 5.89. The predicted octanol–water partition coefficient (Wildman–Crippen LogP) is 4.79. The molecule has 3 aromatic rings. The summed E-state index contributed by atoms with van der Waals surface area (Å²) in [5.74, 6) is -2.51. The molecule has 0 spiro atoms. The van der Waals surface area contributed by atoms with Crippen LogP contribution in [0.2, 0.25) is 0 Å². The van der Waals surface area contributed by atoms with E-state index in [0.29, 0.717) is 12.2 Å². The zero-order chi connectivity index (χ0) is 21.2. The summed E-state index contributed by atoms with van der Waals surface area (Å²) in [5, 5.41) is 18.1. The van der Waals surface area contributed by atoms with Crippen LogP contribution in [-0.4, -0.2) is 22.2 Å². The maximum atomic E-state index is 9.55. The summed E-state index contributed by atoms with van der Waals surface area (Å²) in [7, 11) is 0. The number of carboxylic acids is 2. The highest BCUT2D eigenvalue weighted by Gasteiger charge is 2.11. The smallest absolute Gasteiger partial charge is 0.328 e. The zero-order valence-corrected chi connectivity index (χ0v) is 15.9. The molecule has 0 heterocycles. The van der Waals surface area contributed by atoms with Crippen molar-refractivity contribution in [3.8, 4) is 11.1 Å². The summed E-state index contributed by atoms with van der Waals surface area (Å²) < 4.78 is 0. The number of aliphatic carboxylic acids is 2. The summed E-state index contributed by atoms with van der Waals surface area (Å²) in [4.78, 5) is 19.1. The summed E-state index contributed by atoms with van der Waals surface area (Å²) in [5.41, 5.74) is 9.88. The molecule has 29 heavy (non-hydrogen) atoms. The van der Waals surface area contributed by atoms with Gasteiger partial charge in [-0.2, -0.15) is 0 Å². The number of nitrogens with two attached hydrogens (primary N) is 1. The van der Waals surface area contributed by atoms with Crippen LogP contribution >= 0.6 is 0 Å². The second-order valence-electron chi connectivity index (χ2n) is 6.29. The van der Waals surface area contributed by atoms with Gasteiger partial charge in [-0.05, 0) is 39.9 Å². The van der Waals surface area contributed by atoms with Crippen molar-refractivity contribution in [2.24, 2.45) is 5.73 Å². The van der Waals surface area contributed by atoms with Crippen molar-refractivity contribution in [2.75, 3.05) is 0 Å². The molecule has 3 aromatic carbocycles. The van der Waals surface area contributed by atoms with Crippen LogP contribution in [0.25, 0.3) is 21.9 Å². The van der Waals surface area contributed by atoms with E-state index in [0.717, 1.165) is 6.42 Å². The van der Waals surface area contributed by atoms with Crippen molar-refractivity contribution >= 4 is 22.7 Å². The molecular formula is C24H23NO4. The van der Waals surface area contributed by atoms with Gasteiger partial charge in [-0.15, -0.1) is 6.58 Å². The summed E-state index contributed by atoms with van der Waals surface area (Å²) in [6.45, 7) is 3.79. The largest absolute Gasteiger partial charge is 0.478 e. The molecule has 0 aliphatic carbocycles. The van der Waals surface area contributed by atoms with E-state index < -0.39 is 11.9 Å². The first kappa shape index (κ1) is 21.6. The molecule has 1 unspecified atom stereocenters. The van der Waals surface area contributed by atoms with Gasteiger partial charge in [0.15, 0.2) is 0 Å². The van der Waals surface area contributed by atoms with E-state index in [9.17, 15) is 9.59 Å². The Morgan fingerprint density at radius 3 is 2.10 bits per heavy atom. The molecule has 0 bridgehead atoms. The first-order valence-electron chi connectivity index (χ1n) is 9.01. The van der Waals surface area contributed by atoms with Gasteiger partial charge >= 0.3 is 11.9 Å². The molecule has 0 amide bonds. The number of carboxylic acid groups (broad SMARTS) is 2. The molecule has 0 fully saturated rings. The molecule has 4 N–H and O–H groups in total. The molecule has 0 saturated heterocycles. The summed E-state index contributed by atoms with van der Waals surface area (Å²) >= 11 is 0. The van der Waals surface area contributed by atoms with Gasteiger partial charge in [-0.3, -0.25) is 0 Å². The van der Waals surface area contributed by atoms with Gasteiger partial charge in [0.25, 0.3) is 0 Å². The Kier molecular flexibility index (Phi) is 7.88. The SMILES string of the molecule is C=CCC(N)c1ccccc1-c1ccc2ccccc2c1.O=C(O)/C=C\C(=O)O. The Morgan fingerprint density at radius 1 is 0.897 bits per heavy atom. The third-order valence-corrected chi connectivity index (χ3v) is 4.21. The topological polar surface area (TPSA) is 101 Å². The number of fused-ring (bicyclic) bond motifs is 1. The van der Waals surface area contributed by atoms with E-state index in [1.165, 1.54) is 27.5 Å². The average molecular weight is 389 g/mol. The molecule has 5 nitrogen and oxygen atoms in total. The monoisotopic (exact) mass is 389 g/mol. The minimum absolute atomic E-state index is 0.00910. The highest BCUT2D eigenvalue weighted by Crippen LogP contribution is 2.30. The molecule has 0 aromatic heterocycles. The molecule has 0 aliphatic rings. The Bertz CT molecular complexity index is 1020. The normalized spacial score (nSPS) is 11.5. The highest BCUT2D eigenvalue weighted by atomic mass is 16.4. The number of rotatable bonds is 6. The van der Waals surface area contributed by atoms with Gasteiger partial charge in [-0.25, -0.2) is 9.59 Å². The minimum atomic E-state index is -1.26. The Hall–Kier alpha value is -3.70. The Balaban J connectivity index is 0.000000321. The number of carbonyl (C=O) groups is 2. The van der Waals surface area contributed by atoms with E-state index >= 15 is 0 Å². The fraction of sp³-hybridized carbons (Fsp3) is 0.0833. The van der Waals surface area contributed by atoms with E-state index in [1.54, 1.807) is 0 Å². The first-order chi connectivity index (χ1) is 13.9. The molecule has 0 saturated carbocycles. The maximum Gasteiger partial charge on any atom is 0.328 e. The van der Waals surface area contributed by atoms with Crippen LogP contribution in [-0.2, 0) is 9.59 Å². The molecule has 148 valence electrons. The fourth-order valence-electron chi connectivity index (χ4n) is 2.89. The molecule has 5 heteroatoms. The third kappa shape index (κ3) is 6.45. The number of benzene rings is 3. The summed E-state index contributed by atoms with van der Waals surface area (Å²) in [6.07, 6.45) is 3.77. The minimum Gasteiger partial charge on any atom is -0.478 e. The lowest BCUT2D eigenvalue weighted by atomic mass is 9.92. The predicted molar refractivity (Wildman–Crippen MR) is 116 cm³/mol. The zero-order valence-electron chi connectivity index (χ0n) is 15.9. The van der Waals surface area contributed by atoms with Gasteiger partial charge in [0.1, 0.15) is 0 Å². The number of hydrogen-bond acceptors (Lipinski definition) is 3. The first-order valence-corrected chi connectivity index (χ1v) is 9.01. The third-order valence-electron chi connectivity index (χ3n) is 4.21. The van der Waals surface area contributed by atoms with Crippen LogP contribution in [0.15, 0.2) is 91.5 Å². The molecular weight excluding hydrogens is 366 g/mol. The summed E-state index contributed by atoms with van der Waals surface area (Å²) in [6, 6.07) is 23.3. The van der Waals surface area contributed by atoms with Crippen molar-refractivity contribution in [1.29, 1.82) is 0 Å². The van der Waals surface area contributed by atoms with Crippen molar-refractivity contribution in [3.05, 3.63) is 97.1 Å². The average Bonchev–Trinajstić information content (AvgIpc) is 2.72. The lowest BCUT2D eigenvalue weighted by molar-refractivity contribution is -0.134. The molecule has 0 aliphatic heterocycles. The standard InChI is InChI=1S/C20H19N.C4H4O4/c1-2-7-20(21)19-11-6-5-10-18(19)17-13-12-15-8-3-4-9-16(15)14-17;5-3(6)1-2-4(7)8/h2-6,8-14,20H,1,7,21H2;1-2H,(H,5,6)(H,7,8)/b;2-1-. The van der Waals surface area contributed by atoms with Crippen LogP contribution < -0.4 is 5.73 Å². The van der Waals surface area contributed by atoms with Crippen molar-refractivity contribution in [3.63, 3.8) is 0 Å². The van der Waals surface area contributed by atoms with Gasteiger partial charge < -0.3 is 15.9 Å². The second-order valence-corrected chi connectivity index (χ2v) is 6.29. The van der Waals surface area contributed by atoms with Gasteiger partial charge in [0.2, 0.25) is 0 Å². The van der Waals surface area contributed by atoms with Crippen molar-refractivity contribution in [1.82, 2.24) is 0 Å². The maximum absolute atomic E-state index is 9.55. The number of hydrogen-bond donors (Lipinski definition) is 3. The van der Waals surface area contributed by atoms with Crippen molar-refractivity contribution < 1.29 is 19.8 Å². The van der Waals surface area contributed by atoms with Gasteiger partial charge in [0.05, 0.1) is 0 Å². The van der Waals surface area contributed by atoms with Gasteiger partial charge in [-0.1, -0.05) is 66.7 Å². The van der Waals surface area contributed by atoms with Crippen LogP contribution in [0.3, 0.4) is 0 Å². The Labute approximate surface area is 169 Å². The van der Waals surface area contributed by atoms with Gasteiger partial charge in [0, 0.05) is 18.2 Å². The van der Waals surface area contributed by atoms with Crippen molar-refractivity contribution in [2.45, 2.75) is 12.5 Å².